The standard InChI is InChI=1S/C20H23F2N5O2/c1-20(2,3)15(5-6-16(28)29-4)26-19-14(22)10-25-18(27-19)13-9-24-17-12(13)7-11(21)8-23-17/h7-10,15H,5-6H2,1-4H3,(H,23,24)(H,25,26,27)/t15-/m1/s1. The molecule has 2 N–H and O–H groups in total. The van der Waals surface area contributed by atoms with Gasteiger partial charge in [-0.1, -0.05) is 20.8 Å². The summed E-state index contributed by atoms with van der Waals surface area (Å²) in [4.78, 5) is 26.8. The lowest BCUT2D eigenvalue weighted by Gasteiger charge is -2.32. The molecule has 3 aromatic rings. The van der Waals surface area contributed by atoms with Gasteiger partial charge in [0.25, 0.3) is 0 Å². The molecule has 154 valence electrons. The minimum Gasteiger partial charge on any atom is -0.469 e. The van der Waals surface area contributed by atoms with Crippen molar-refractivity contribution in [3.8, 4) is 11.4 Å². The number of hydrogen-bond donors (Lipinski definition) is 2. The Morgan fingerprint density at radius 3 is 2.72 bits per heavy atom. The first-order valence-corrected chi connectivity index (χ1v) is 9.18. The fraction of sp³-hybridized carbons (Fsp3) is 0.400. The number of pyridine rings is 1. The van der Waals surface area contributed by atoms with Crippen molar-refractivity contribution in [3.63, 3.8) is 0 Å². The number of methoxy groups -OCH3 is 1. The molecule has 3 rings (SSSR count). The fourth-order valence-corrected chi connectivity index (χ4v) is 3.01. The summed E-state index contributed by atoms with van der Waals surface area (Å²) in [7, 11) is 1.33. The number of carbonyl (C=O) groups excluding carboxylic acids is 1. The molecule has 3 aromatic heterocycles. The number of fused-ring (bicyclic) bond motifs is 1. The summed E-state index contributed by atoms with van der Waals surface area (Å²) in [6, 6.07) is 1.07. The van der Waals surface area contributed by atoms with Gasteiger partial charge in [-0.2, -0.15) is 0 Å². The summed E-state index contributed by atoms with van der Waals surface area (Å²) in [5.41, 5.74) is 0.714. The summed E-state index contributed by atoms with van der Waals surface area (Å²) in [6.45, 7) is 5.95. The molecule has 0 aliphatic rings. The summed E-state index contributed by atoms with van der Waals surface area (Å²) in [5, 5.41) is 3.60. The van der Waals surface area contributed by atoms with Crippen LogP contribution < -0.4 is 5.32 Å². The number of hydrogen-bond acceptors (Lipinski definition) is 6. The van der Waals surface area contributed by atoms with Crippen LogP contribution in [-0.2, 0) is 9.53 Å². The van der Waals surface area contributed by atoms with Gasteiger partial charge >= 0.3 is 5.97 Å². The van der Waals surface area contributed by atoms with Gasteiger partial charge in [-0.3, -0.25) is 4.79 Å². The number of nitrogens with one attached hydrogen (secondary N) is 2. The highest BCUT2D eigenvalue weighted by molar-refractivity contribution is 5.91. The van der Waals surface area contributed by atoms with Crippen LogP contribution in [0.3, 0.4) is 0 Å². The molecule has 0 amide bonds. The molecule has 29 heavy (non-hydrogen) atoms. The number of carbonyl (C=O) groups is 1. The van der Waals surface area contributed by atoms with E-state index in [1.165, 1.54) is 13.2 Å². The second-order valence-electron chi connectivity index (χ2n) is 7.82. The van der Waals surface area contributed by atoms with Gasteiger partial charge in [-0.15, -0.1) is 0 Å². The van der Waals surface area contributed by atoms with Crippen molar-refractivity contribution in [1.29, 1.82) is 0 Å². The SMILES string of the molecule is COC(=O)CC[C@@H](Nc1nc(-c2c[nH]c3ncc(F)cc23)ncc1F)C(C)(C)C. The van der Waals surface area contributed by atoms with Crippen molar-refractivity contribution in [3.05, 3.63) is 36.3 Å². The number of esters is 1. The number of aromatic nitrogens is 4. The Hall–Kier alpha value is -3.10. The number of anilines is 1. The third kappa shape index (κ3) is 4.67. The lowest BCUT2D eigenvalue weighted by Crippen LogP contribution is -2.35. The van der Waals surface area contributed by atoms with Gasteiger partial charge in [0.05, 0.1) is 19.5 Å². The summed E-state index contributed by atoms with van der Waals surface area (Å²) >= 11 is 0. The van der Waals surface area contributed by atoms with Crippen LogP contribution in [0, 0.1) is 17.0 Å². The van der Waals surface area contributed by atoms with Gasteiger partial charge in [0.1, 0.15) is 11.5 Å². The van der Waals surface area contributed by atoms with Gasteiger partial charge in [0.2, 0.25) is 0 Å². The molecular weight excluding hydrogens is 380 g/mol. The average Bonchev–Trinajstić information content (AvgIpc) is 3.08. The molecule has 0 saturated carbocycles. The number of nitrogens with zero attached hydrogens (tertiary/aromatic N) is 3. The first kappa shape index (κ1) is 20.6. The highest BCUT2D eigenvalue weighted by atomic mass is 19.1. The van der Waals surface area contributed by atoms with E-state index in [9.17, 15) is 13.6 Å². The molecule has 0 aromatic carbocycles. The molecule has 9 heteroatoms. The van der Waals surface area contributed by atoms with Crippen LogP contribution in [0.1, 0.15) is 33.6 Å². The first-order valence-electron chi connectivity index (χ1n) is 9.18. The Labute approximate surface area is 166 Å². The lowest BCUT2D eigenvalue weighted by atomic mass is 9.84. The van der Waals surface area contributed by atoms with E-state index in [0.29, 0.717) is 23.0 Å². The van der Waals surface area contributed by atoms with Crippen molar-refractivity contribution in [2.45, 2.75) is 39.7 Å². The van der Waals surface area contributed by atoms with Gasteiger partial charge in [-0.05, 0) is 17.9 Å². The Balaban J connectivity index is 1.93. The van der Waals surface area contributed by atoms with Crippen molar-refractivity contribution in [2.24, 2.45) is 5.41 Å². The van der Waals surface area contributed by atoms with Gasteiger partial charge < -0.3 is 15.0 Å². The highest BCUT2D eigenvalue weighted by Gasteiger charge is 2.27. The van der Waals surface area contributed by atoms with Crippen molar-refractivity contribution in [2.75, 3.05) is 12.4 Å². The van der Waals surface area contributed by atoms with Crippen LogP contribution in [0.2, 0.25) is 0 Å². The quantitative estimate of drug-likeness (QED) is 0.603. The van der Waals surface area contributed by atoms with E-state index in [0.717, 1.165) is 12.4 Å². The maximum atomic E-state index is 14.4. The summed E-state index contributed by atoms with van der Waals surface area (Å²) in [5.74, 6) is -1.20. The molecule has 0 unspecified atom stereocenters. The van der Waals surface area contributed by atoms with Crippen LogP contribution in [0.15, 0.2) is 24.7 Å². The molecule has 0 bridgehead atoms. The van der Waals surface area contributed by atoms with E-state index in [1.807, 2.05) is 20.8 Å². The summed E-state index contributed by atoms with van der Waals surface area (Å²) in [6.07, 6.45) is 4.41. The Kier molecular flexibility index (Phi) is 5.76. The lowest BCUT2D eigenvalue weighted by molar-refractivity contribution is -0.140. The first-order chi connectivity index (χ1) is 13.7. The summed E-state index contributed by atoms with van der Waals surface area (Å²) < 4.78 is 32.8. The Morgan fingerprint density at radius 1 is 1.28 bits per heavy atom. The predicted molar refractivity (Wildman–Crippen MR) is 105 cm³/mol. The minimum atomic E-state index is -0.620. The maximum absolute atomic E-state index is 14.4. The number of rotatable bonds is 6. The minimum absolute atomic E-state index is 0.0125. The highest BCUT2D eigenvalue weighted by Crippen LogP contribution is 2.30. The predicted octanol–water partition coefficient (Wildman–Crippen LogP) is 4.08. The zero-order valence-electron chi connectivity index (χ0n) is 16.7. The Bertz CT molecular complexity index is 1030. The Morgan fingerprint density at radius 2 is 2.03 bits per heavy atom. The molecule has 0 radical (unpaired) electrons. The third-order valence-corrected chi connectivity index (χ3v) is 4.70. The smallest absolute Gasteiger partial charge is 0.305 e. The molecule has 1 atom stereocenters. The molecule has 0 aliphatic carbocycles. The molecule has 0 aliphatic heterocycles. The average molecular weight is 403 g/mol. The topological polar surface area (TPSA) is 92.8 Å². The zero-order chi connectivity index (χ0) is 21.2. The molecule has 0 fully saturated rings. The molecular formula is C20H23F2N5O2. The molecule has 3 heterocycles. The van der Waals surface area contributed by atoms with Gasteiger partial charge in [0.15, 0.2) is 17.5 Å². The van der Waals surface area contributed by atoms with Crippen molar-refractivity contribution < 1.29 is 18.3 Å². The zero-order valence-corrected chi connectivity index (χ0v) is 16.7. The number of aromatic amines is 1. The molecule has 0 spiro atoms. The van der Waals surface area contributed by atoms with Crippen molar-refractivity contribution >= 4 is 22.8 Å². The van der Waals surface area contributed by atoms with E-state index >= 15 is 0 Å². The van der Waals surface area contributed by atoms with Gasteiger partial charge in [0, 0.05) is 29.6 Å². The van der Waals surface area contributed by atoms with Crippen LogP contribution in [0.5, 0.6) is 0 Å². The molecule has 7 nitrogen and oxygen atoms in total. The van der Waals surface area contributed by atoms with Crippen molar-refractivity contribution in [1.82, 2.24) is 19.9 Å². The number of halogens is 2. The van der Waals surface area contributed by atoms with Crippen LogP contribution in [0.4, 0.5) is 14.6 Å². The van der Waals surface area contributed by atoms with Gasteiger partial charge in [-0.25, -0.2) is 23.7 Å². The van der Waals surface area contributed by atoms with Crippen LogP contribution >= 0.6 is 0 Å². The monoisotopic (exact) mass is 403 g/mol. The second-order valence-corrected chi connectivity index (χ2v) is 7.82. The number of H-pyrrole nitrogens is 1. The van der Waals surface area contributed by atoms with E-state index < -0.39 is 11.6 Å². The third-order valence-electron chi connectivity index (χ3n) is 4.70. The largest absolute Gasteiger partial charge is 0.469 e. The maximum Gasteiger partial charge on any atom is 0.305 e. The van der Waals surface area contributed by atoms with E-state index in [4.69, 9.17) is 4.74 Å². The number of ether oxygens (including phenoxy) is 1. The fourth-order valence-electron chi connectivity index (χ4n) is 3.01. The van der Waals surface area contributed by atoms with E-state index in [1.54, 1.807) is 6.20 Å². The molecule has 0 saturated heterocycles. The van der Waals surface area contributed by atoms with Crippen LogP contribution in [-0.4, -0.2) is 39.1 Å². The second kappa shape index (κ2) is 8.10. The van der Waals surface area contributed by atoms with E-state index in [2.05, 4.69) is 25.3 Å². The van der Waals surface area contributed by atoms with Crippen LogP contribution in [0.25, 0.3) is 22.4 Å². The normalized spacial score (nSPS) is 12.8. The van der Waals surface area contributed by atoms with E-state index in [-0.39, 0.29) is 35.5 Å².